The Hall–Kier alpha value is -7.36. The zero-order valence-corrected chi connectivity index (χ0v) is 52.9. The largest absolute Gasteiger partial charge is 0.507 e. The molecule has 4 aliphatic rings. The van der Waals surface area contributed by atoms with E-state index in [-0.39, 0.29) is 61.0 Å². The van der Waals surface area contributed by atoms with Crippen LogP contribution in [0.3, 0.4) is 0 Å². The number of aromatic hydroxyl groups is 1. The van der Waals surface area contributed by atoms with Gasteiger partial charge in [0.25, 0.3) is 5.88 Å². The zero-order chi connectivity index (χ0) is 62.4. The molecule has 4 aliphatic heterocycles. The summed E-state index contributed by atoms with van der Waals surface area (Å²) < 4.78 is 46.6. The van der Waals surface area contributed by atoms with E-state index in [1.807, 2.05) is 69.6 Å². The first-order valence-corrected chi connectivity index (χ1v) is 34.0. The molecule has 470 valence electrons. The average molecular weight is 1260 g/mol. The maximum atomic E-state index is 14.4. The van der Waals surface area contributed by atoms with Crippen LogP contribution < -0.4 is 25.2 Å². The SMILES string of the molecule is Cc1ncsc1-c1ccc(C(C)NC(=O)C2CC(O)CN2C(=O)C(c2cc(OCCN3CCC(CN4CCN5c6cc(-c7ccccc7O)nnc6N(C(=O)OCc6ccc(NC(=O)OC(C)C(C)SS(C)(=O)=O)cc6)CC5C4)CC3)no2)C(C)C)cc1. The predicted octanol–water partition coefficient (Wildman–Crippen LogP) is 8.30. The van der Waals surface area contributed by atoms with E-state index in [0.717, 1.165) is 83.5 Å². The number of amides is 4. The lowest BCUT2D eigenvalue weighted by Crippen LogP contribution is -2.61. The number of piperidine rings is 1. The number of carbonyl (C=O) groups is 4. The fourth-order valence-electron chi connectivity index (χ4n) is 11.9. The number of nitrogens with one attached hydrogen (secondary N) is 2. The number of thiazole rings is 1. The Balaban J connectivity index is 0.696. The van der Waals surface area contributed by atoms with Gasteiger partial charge >= 0.3 is 12.2 Å². The Morgan fingerprint density at radius 3 is 2.35 bits per heavy atom. The van der Waals surface area contributed by atoms with Crippen molar-refractivity contribution in [3.8, 4) is 33.3 Å². The van der Waals surface area contributed by atoms with Gasteiger partial charge in [-0.25, -0.2) is 23.0 Å². The van der Waals surface area contributed by atoms with Crippen LogP contribution >= 0.6 is 22.1 Å². The molecule has 7 unspecified atom stereocenters. The number of ether oxygens (including phenoxy) is 3. The molecule has 3 aromatic heterocycles. The molecule has 0 radical (unpaired) electrons. The summed E-state index contributed by atoms with van der Waals surface area (Å²) in [5.41, 5.74) is 7.58. The topological polar surface area (TPSA) is 276 Å². The molecular formula is C62H77N11O12S3. The number of fused-ring (bicyclic) bond motifs is 3. The highest BCUT2D eigenvalue weighted by atomic mass is 33.1. The second kappa shape index (κ2) is 28.0. The number of benzene rings is 3. The first-order valence-electron chi connectivity index (χ1n) is 29.8. The Labute approximate surface area is 520 Å². The Morgan fingerprint density at radius 1 is 0.898 bits per heavy atom. The van der Waals surface area contributed by atoms with Crippen LogP contribution in [0.1, 0.15) is 88.4 Å². The van der Waals surface area contributed by atoms with Crippen LogP contribution in [0, 0.1) is 18.8 Å². The smallest absolute Gasteiger partial charge is 0.415 e. The quantitative estimate of drug-likeness (QED) is 0.0493. The van der Waals surface area contributed by atoms with E-state index >= 15 is 0 Å². The number of anilines is 3. The van der Waals surface area contributed by atoms with Gasteiger partial charge in [0.2, 0.25) is 11.8 Å². The number of carbonyl (C=O) groups excluding carboxylic acids is 4. The highest BCUT2D eigenvalue weighted by Crippen LogP contribution is 2.40. The number of piperazine rings is 1. The second-order valence-electron chi connectivity index (χ2n) is 23.6. The van der Waals surface area contributed by atoms with E-state index < -0.39 is 50.5 Å². The normalized spacial score (nSPS) is 19.7. The summed E-state index contributed by atoms with van der Waals surface area (Å²) in [6.45, 7) is 17.2. The molecule has 0 spiro atoms. The van der Waals surface area contributed by atoms with E-state index in [1.54, 1.807) is 73.7 Å². The Morgan fingerprint density at radius 2 is 1.65 bits per heavy atom. The second-order valence-corrected chi connectivity index (χ2v) is 29.2. The molecule has 23 nitrogen and oxygen atoms in total. The minimum absolute atomic E-state index is 0.0265. The van der Waals surface area contributed by atoms with Crippen molar-refractivity contribution in [3.05, 3.63) is 113 Å². The number of aliphatic hydroxyl groups excluding tert-OH is 1. The predicted molar refractivity (Wildman–Crippen MR) is 336 cm³/mol. The number of rotatable bonds is 21. The molecule has 10 rings (SSSR count). The third kappa shape index (κ3) is 15.5. The van der Waals surface area contributed by atoms with Crippen molar-refractivity contribution in [1.29, 1.82) is 0 Å². The number of aryl methyl sites for hydroxylation is 1. The van der Waals surface area contributed by atoms with E-state index in [2.05, 4.69) is 45.7 Å². The summed E-state index contributed by atoms with van der Waals surface area (Å²) in [6, 6.07) is 23.9. The molecule has 26 heteroatoms. The molecule has 3 fully saturated rings. The molecular weight excluding hydrogens is 1190 g/mol. The lowest BCUT2D eigenvalue weighted by Gasteiger charge is -2.48. The average Bonchev–Trinajstić information content (AvgIpc) is 1.67. The molecule has 7 heterocycles. The van der Waals surface area contributed by atoms with E-state index in [0.29, 0.717) is 72.8 Å². The Bertz CT molecular complexity index is 3530. The number of likely N-dealkylation sites (tertiary alicyclic amines) is 2. The van der Waals surface area contributed by atoms with Crippen LogP contribution in [0.5, 0.6) is 11.6 Å². The number of phenols is 1. The highest BCUT2D eigenvalue weighted by Gasteiger charge is 2.44. The molecule has 3 aromatic carbocycles. The third-order valence-corrected chi connectivity index (χ3v) is 20.8. The summed E-state index contributed by atoms with van der Waals surface area (Å²) in [6.07, 6.45) is 0.363. The summed E-state index contributed by atoms with van der Waals surface area (Å²) >= 11 is 1.58. The number of aromatic nitrogens is 4. The van der Waals surface area contributed by atoms with Gasteiger partial charge in [-0.05, 0) is 128 Å². The lowest BCUT2D eigenvalue weighted by molar-refractivity contribution is -0.141. The van der Waals surface area contributed by atoms with Crippen molar-refractivity contribution >= 4 is 72.2 Å². The van der Waals surface area contributed by atoms with Gasteiger partial charge in [-0.15, -0.1) is 21.5 Å². The lowest BCUT2D eigenvalue weighted by atomic mass is 9.91. The first kappa shape index (κ1) is 63.7. The number of para-hydroxylation sites is 1. The number of phenolic OH excluding ortho intramolecular Hbond substituents is 1. The summed E-state index contributed by atoms with van der Waals surface area (Å²) in [5.74, 6) is -0.132. The van der Waals surface area contributed by atoms with Gasteiger partial charge in [0.15, 0.2) is 20.4 Å². The monoisotopic (exact) mass is 1260 g/mol. The zero-order valence-electron chi connectivity index (χ0n) is 50.5. The van der Waals surface area contributed by atoms with Crippen molar-refractivity contribution < 1.29 is 56.5 Å². The number of hydrogen-bond donors (Lipinski definition) is 4. The van der Waals surface area contributed by atoms with Crippen LogP contribution in [0.2, 0.25) is 0 Å². The van der Waals surface area contributed by atoms with Crippen LogP contribution in [-0.4, -0.2) is 179 Å². The summed E-state index contributed by atoms with van der Waals surface area (Å²) in [4.78, 5) is 70.5. The molecule has 4 N–H and O–H groups in total. The molecule has 88 heavy (non-hydrogen) atoms. The van der Waals surface area contributed by atoms with Crippen molar-refractivity contribution in [2.75, 3.05) is 86.9 Å². The minimum atomic E-state index is -3.33. The summed E-state index contributed by atoms with van der Waals surface area (Å²) in [5, 5.41) is 40.0. The van der Waals surface area contributed by atoms with Gasteiger partial charge < -0.3 is 44.1 Å². The number of hydrogen-bond acceptors (Lipinski definition) is 21. The van der Waals surface area contributed by atoms with Gasteiger partial charge in [-0.2, -0.15) is 0 Å². The number of β-amino-alcohol motifs (C(OH)–C–C–N with tert-alkyl or cyclic N) is 1. The molecule has 0 bridgehead atoms. The van der Waals surface area contributed by atoms with Gasteiger partial charge in [-0.3, -0.25) is 29.6 Å². The molecule has 0 aliphatic carbocycles. The van der Waals surface area contributed by atoms with Gasteiger partial charge in [-0.1, -0.05) is 62.4 Å². The molecule has 3 saturated heterocycles. The third-order valence-electron chi connectivity index (χ3n) is 16.8. The van der Waals surface area contributed by atoms with Crippen molar-refractivity contribution in [2.45, 2.75) is 109 Å². The molecule has 0 saturated carbocycles. The van der Waals surface area contributed by atoms with Gasteiger partial charge in [0, 0.05) is 69.3 Å². The van der Waals surface area contributed by atoms with Crippen LogP contribution in [0.15, 0.2) is 95.0 Å². The standard InChI is InChI=1S/C62H77N11O12S3/c1-37(2)56(60(77)72-34-48(74)28-52(72)59(76)64-38(3)44-14-16-45(17-15-44)57-39(4)63-36-86-57)54-30-55(68-85-54)82-27-26-69-22-20-42(21-23-69)31-70-24-25-71-47(32-70)33-73(58-51(71)29-50(66-67-58)49-10-8-9-11-53(49)75)62(79)83-35-43-12-18-46(19-13-43)65-61(78)84-40(5)41(6)87-88(7,80)81/h8-19,29-30,36-38,40-42,47-48,52,56,74-75H,20-28,31-35H2,1-7H3,(H,64,76)(H,65,78). The minimum Gasteiger partial charge on any atom is -0.507 e. The molecule has 7 atom stereocenters. The van der Waals surface area contributed by atoms with E-state index in [1.165, 1.54) is 9.80 Å². The fourth-order valence-corrected chi connectivity index (χ4v) is 15.6. The van der Waals surface area contributed by atoms with Crippen molar-refractivity contribution in [2.24, 2.45) is 11.8 Å². The summed E-state index contributed by atoms with van der Waals surface area (Å²) in [7, 11) is -2.60. The number of nitrogens with zero attached hydrogens (tertiary/aromatic N) is 9. The molecule has 4 amide bonds. The van der Waals surface area contributed by atoms with Crippen molar-refractivity contribution in [1.82, 2.24) is 40.4 Å². The first-order chi connectivity index (χ1) is 42.1. The fraction of sp³-hybridized carbons (Fsp3) is 0.484. The number of aliphatic hydroxyl groups is 1. The van der Waals surface area contributed by atoms with Crippen LogP contribution in [0.25, 0.3) is 21.7 Å². The van der Waals surface area contributed by atoms with Gasteiger partial charge in [0.05, 0.1) is 57.4 Å². The van der Waals surface area contributed by atoms with Crippen molar-refractivity contribution in [3.63, 3.8) is 0 Å². The Kier molecular flexibility index (Phi) is 20.2. The van der Waals surface area contributed by atoms with Gasteiger partial charge in [0.1, 0.15) is 37.0 Å². The van der Waals surface area contributed by atoms with E-state index in [9.17, 15) is 37.8 Å². The maximum absolute atomic E-state index is 14.4. The molecule has 6 aromatic rings. The van der Waals surface area contributed by atoms with Crippen LogP contribution in [0.4, 0.5) is 26.8 Å². The van der Waals surface area contributed by atoms with Crippen LogP contribution in [-0.2, 0) is 34.5 Å². The highest BCUT2D eigenvalue weighted by molar-refractivity contribution is 8.72. The maximum Gasteiger partial charge on any atom is 0.415 e. The van der Waals surface area contributed by atoms with E-state index in [4.69, 9.17) is 18.7 Å².